The largest absolute Gasteiger partial charge is 0.497 e. The molecule has 0 fully saturated rings. The predicted octanol–water partition coefficient (Wildman–Crippen LogP) is 1.63. The Morgan fingerprint density at radius 2 is 2.00 bits per heavy atom. The SMILES string of the molecule is COc1ccc(OC)c(C[C@H](C)O)c1. The minimum atomic E-state index is -0.379. The highest BCUT2D eigenvalue weighted by atomic mass is 16.5. The molecular weight excluding hydrogens is 180 g/mol. The van der Waals surface area contributed by atoms with Crippen molar-refractivity contribution >= 4 is 0 Å². The molecule has 1 aromatic carbocycles. The molecule has 0 amide bonds. The van der Waals surface area contributed by atoms with Crippen molar-refractivity contribution in [2.24, 2.45) is 0 Å². The molecule has 0 saturated heterocycles. The predicted molar refractivity (Wildman–Crippen MR) is 54.9 cm³/mol. The Hall–Kier alpha value is -1.22. The van der Waals surface area contributed by atoms with E-state index in [0.717, 1.165) is 17.1 Å². The quantitative estimate of drug-likeness (QED) is 0.795. The molecule has 0 heterocycles. The van der Waals surface area contributed by atoms with Crippen molar-refractivity contribution in [1.29, 1.82) is 0 Å². The van der Waals surface area contributed by atoms with Gasteiger partial charge in [-0.1, -0.05) is 0 Å². The van der Waals surface area contributed by atoms with Crippen LogP contribution in [0.15, 0.2) is 18.2 Å². The van der Waals surface area contributed by atoms with Gasteiger partial charge in [-0.2, -0.15) is 0 Å². The molecule has 1 N–H and O–H groups in total. The van der Waals surface area contributed by atoms with Gasteiger partial charge in [0.1, 0.15) is 11.5 Å². The minimum Gasteiger partial charge on any atom is -0.497 e. The Morgan fingerprint density at radius 1 is 1.29 bits per heavy atom. The van der Waals surface area contributed by atoms with Crippen LogP contribution >= 0.6 is 0 Å². The highest BCUT2D eigenvalue weighted by Crippen LogP contribution is 2.24. The van der Waals surface area contributed by atoms with E-state index in [1.54, 1.807) is 21.1 Å². The Bertz CT molecular complexity index is 295. The second kappa shape index (κ2) is 4.86. The fourth-order valence-corrected chi connectivity index (χ4v) is 1.36. The number of ether oxygens (including phenoxy) is 2. The smallest absolute Gasteiger partial charge is 0.122 e. The summed E-state index contributed by atoms with van der Waals surface area (Å²) in [6, 6.07) is 5.56. The van der Waals surface area contributed by atoms with E-state index in [0.29, 0.717) is 6.42 Å². The first-order valence-electron chi connectivity index (χ1n) is 4.56. The first-order valence-corrected chi connectivity index (χ1v) is 4.56. The molecule has 3 nitrogen and oxygen atoms in total. The van der Waals surface area contributed by atoms with Gasteiger partial charge in [0.25, 0.3) is 0 Å². The van der Waals surface area contributed by atoms with Gasteiger partial charge in [0.2, 0.25) is 0 Å². The third-order valence-corrected chi connectivity index (χ3v) is 2.00. The molecule has 0 aliphatic rings. The molecule has 0 aromatic heterocycles. The van der Waals surface area contributed by atoms with E-state index in [9.17, 15) is 5.11 Å². The normalized spacial score (nSPS) is 12.3. The van der Waals surface area contributed by atoms with Crippen molar-refractivity contribution in [2.45, 2.75) is 19.4 Å². The second-order valence-corrected chi connectivity index (χ2v) is 3.23. The topological polar surface area (TPSA) is 38.7 Å². The summed E-state index contributed by atoms with van der Waals surface area (Å²) in [7, 11) is 3.24. The van der Waals surface area contributed by atoms with Crippen LogP contribution in [-0.4, -0.2) is 25.4 Å². The number of aliphatic hydroxyl groups excluding tert-OH is 1. The summed E-state index contributed by atoms with van der Waals surface area (Å²) in [6.07, 6.45) is 0.191. The van der Waals surface area contributed by atoms with Crippen LogP contribution in [0.4, 0.5) is 0 Å². The number of hydrogen-bond donors (Lipinski definition) is 1. The van der Waals surface area contributed by atoms with Crippen molar-refractivity contribution in [3.63, 3.8) is 0 Å². The highest BCUT2D eigenvalue weighted by molar-refractivity contribution is 5.40. The van der Waals surface area contributed by atoms with Gasteiger partial charge in [-0.25, -0.2) is 0 Å². The molecule has 3 heteroatoms. The maximum absolute atomic E-state index is 9.29. The highest BCUT2D eigenvalue weighted by Gasteiger charge is 2.07. The zero-order chi connectivity index (χ0) is 10.6. The number of methoxy groups -OCH3 is 2. The molecule has 78 valence electrons. The van der Waals surface area contributed by atoms with Crippen molar-refractivity contribution in [1.82, 2.24) is 0 Å². The summed E-state index contributed by atoms with van der Waals surface area (Å²) in [5.74, 6) is 1.56. The van der Waals surface area contributed by atoms with Gasteiger partial charge in [0.05, 0.1) is 20.3 Å². The van der Waals surface area contributed by atoms with Crippen LogP contribution in [0.2, 0.25) is 0 Å². The number of rotatable bonds is 4. The van der Waals surface area contributed by atoms with E-state index in [-0.39, 0.29) is 6.10 Å². The average Bonchev–Trinajstić information content (AvgIpc) is 2.16. The zero-order valence-corrected chi connectivity index (χ0v) is 8.78. The molecule has 0 radical (unpaired) electrons. The van der Waals surface area contributed by atoms with Crippen molar-refractivity contribution < 1.29 is 14.6 Å². The second-order valence-electron chi connectivity index (χ2n) is 3.23. The molecule has 1 atom stereocenters. The van der Waals surface area contributed by atoms with Crippen LogP contribution in [0.5, 0.6) is 11.5 Å². The Morgan fingerprint density at radius 3 is 2.50 bits per heavy atom. The lowest BCUT2D eigenvalue weighted by Crippen LogP contribution is -2.05. The van der Waals surface area contributed by atoms with Gasteiger partial charge in [-0.15, -0.1) is 0 Å². The molecule has 0 bridgehead atoms. The summed E-state index contributed by atoms with van der Waals surface area (Å²) >= 11 is 0. The lowest BCUT2D eigenvalue weighted by atomic mass is 10.1. The monoisotopic (exact) mass is 196 g/mol. The first-order chi connectivity index (χ1) is 6.67. The summed E-state index contributed by atoms with van der Waals surface area (Å²) in [4.78, 5) is 0. The Kier molecular flexibility index (Phi) is 3.77. The Balaban J connectivity index is 2.96. The lowest BCUT2D eigenvalue weighted by molar-refractivity contribution is 0.194. The van der Waals surface area contributed by atoms with Crippen LogP contribution in [0.1, 0.15) is 12.5 Å². The standard InChI is InChI=1S/C11H16O3/c1-8(12)6-9-7-10(13-2)4-5-11(9)14-3/h4-5,7-8,12H,6H2,1-3H3/t8-/m0/s1. The summed E-state index contributed by atoms with van der Waals surface area (Å²) in [5, 5.41) is 9.29. The molecule has 0 saturated carbocycles. The van der Waals surface area contributed by atoms with Crippen molar-refractivity contribution in [3.8, 4) is 11.5 Å². The third kappa shape index (κ3) is 2.64. The van der Waals surface area contributed by atoms with Crippen LogP contribution in [-0.2, 0) is 6.42 Å². The Labute approximate surface area is 84.3 Å². The zero-order valence-electron chi connectivity index (χ0n) is 8.78. The van der Waals surface area contributed by atoms with E-state index in [4.69, 9.17) is 9.47 Å². The van der Waals surface area contributed by atoms with Gasteiger partial charge < -0.3 is 14.6 Å². The fourth-order valence-electron chi connectivity index (χ4n) is 1.36. The summed E-state index contributed by atoms with van der Waals surface area (Å²) in [5.41, 5.74) is 0.960. The van der Waals surface area contributed by atoms with E-state index in [1.807, 2.05) is 18.2 Å². The number of aliphatic hydroxyl groups is 1. The first kappa shape index (κ1) is 10.9. The fraction of sp³-hybridized carbons (Fsp3) is 0.455. The lowest BCUT2D eigenvalue weighted by Gasteiger charge is -2.11. The molecule has 0 aliphatic carbocycles. The van der Waals surface area contributed by atoms with E-state index in [1.165, 1.54) is 0 Å². The summed E-state index contributed by atoms with van der Waals surface area (Å²) < 4.78 is 10.3. The summed E-state index contributed by atoms with van der Waals surface area (Å²) in [6.45, 7) is 1.75. The number of benzene rings is 1. The van der Waals surface area contributed by atoms with Gasteiger partial charge in [-0.3, -0.25) is 0 Å². The van der Waals surface area contributed by atoms with E-state index in [2.05, 4.69) is 0 Å². The average molecular weight is 196 g/mol. The van der Waals surface area contributed by atoms with Crippen LogP contribution < -0.4 is 9.47 Å². The van der Waals surface area contributed by atoms with Crippen molar-refractivity contribution in [3.05, 3.63) is 23.8 Å². The molecule has 14 heavy (non-hydrogen) atoms. The molecule has 0 spiro atoms. The van der Waals surface area contributed by atoms with Gasteiger partial charge >= 0.3 is 0 Å². The minimum absolute atomic E-state index is 0.379. The van der Waals surface area contributed by atoms with E-state index < -0.39 is 0 Å². The third-order valence-electron chi connectivity index (χ3n) is 2.00. The van der Waals surface area contributed by atoms with Crippen LogP contribution in [0.3, 0.4) is 0 Å². The molecule has 0 unspecified atom stereocenters. The van der Waals surface area contributed by atoms with Crippen LogP contribution in [0, 0.1) is 0 Å². The van der Waals surface area contributed by atoms with Gasteiger partial charge in [0, 0.05) is 12.0 Å². The van der Waals surface area contributed by atoms with E-state index >= 15 is 0 Å². The maximum atomic E-state index is 9.29. The number of hydrogen-bond acceptors (Lipinski definition) is 3. The van der Waals surface area contributed by atoms with Gasteiger partial charge in [-0.05, 0) is 25.1 Å². The molecule has 1 rings (SSSR count). The van der Waals surface area contributed by atoms with Gasteiger partial charge in [0.15, 0.2) is 0 Å². The molecule has 1 aromatic rings. The van der Waals surface area contributed by atoms with Crippen LogP contribution in [0.25, 0.3) is 0 Å². The van der Waals surface area contributed by atoms with Crippen molar-refractivity contribution in [2.75, 3.05) is 14.2 Å². The molecule has 0 aliphatic heterocycles. The maximum Gasteiger partial charge on any atom is 0.122 e. The molecular formula is C11H16O3.